The lowest BCUT2D eigenvalue weighted by Gasteiger charge is -2.23. The number of anilines is 1. The first-order chi connectivity index (χ1) is 10.7. The predicted octanol–water partition coefficient (Wildman–Crippen LogP) is 3.03. The molecule has 2 aliphatic heterocycles. The van der Waals surface area contributed by atoms with Crippen LogP contribution in [0.2, 0.25) is 0 Å². The maximum absolute atomic E-state index is 13.1. The molecule has 4 heteroatoms. The Labute approximate surface area is 134 Å². The minimum atomic E-state index is -0.569. The van der Waals surface area contributed by atoms with Gasteiger partial charge in [-0.25, -0.2) is 0 Å². The summed E-state index contributed by atoms with van der Waals surface area (Å²) < 4.78 is 0. The molecule has 1 N–H and O–H groups in total. The Morgan fingerprint density at radius 3 is 2.86 bits per heavy atom. The van der Waals surface area contributed by atoms with Gasteiger partial charge in [0.2, 0.25) is 0 Å². The van der Waals surface area contributed by atoms with E-state index in [0.717, 1.165) is 23.5 Å². The van der Waals surface area contributed by atoms with Gasteiger partial charge in [-0.1, -0.05) is 48.0 Å². The summed E-state index contributed by atoms with van der Waals surface area (Å²) in [6.07, 6.45) is 0. The van der Waals surface area contributed by atoms with Crippen molar-refractivity contribution in [2.45, 2.75) is 18.3 Å². The maximum Gasteiger partial charge on any atom is 0.262 e. The molecule has 2 aliphatic rings. The number of rotatable bonds is 2. The normalized spacial score (nSPS) is 23.3. The zero-order chi connectivity index (χ0) is 15.2. The van der Waals surface area contributed by atoms with Crippen molar-refractivity contribution in [3.05, 3.63) is 65.2 Å². The quantitative estimate of drug-likeness (QED) is 0.925. The van der Waals surface area contributed by atoms with Crippen molar-refractivity contribution in [1.29, 1.82) is 0 Å². The van der Waals surface area contributed by atoms with Gasteiger partial charge in [0.15, 0.2) is 4.87 Å². The smallest absolute Gasteiger partial charge is 0.262 e. The lowest BCUT2D eigenvalue weighted by molar-refractivity contribution is -0.121. The number of hydrogen-bond donors (Lipinski definition) is 1. The molecule has 1 fully saturated rings. The standard InChI is InChI=1S/C18H18N2OS/c1-13-5-4-6-14(11-13)12-20-16-8-3-2-7-15(16)18(17(20)21)19-9-10-22-18/h2-8,11,19H,9-10,12H2,1H3. The molecule has 2 aromatic rings. The molecule has 1 spiro atoms. The fourth-order valence-corrected chi connectivity index (χ4v) is 4.64. The van der Waals surface area contributed by atoms with E-state index < -0.39 is 4.87 Å². The minimum absolute atomic E-state index is 0.165. The van der Waals surface area contributed by atoms with E-state index in [1.54, 1.807) is 11.8 Å². The van der Waals surface area contributed by atoms with Crippen LogP contribution in [0.25, 0.3) is 0 Å². The van der Waals surface area contributed by atoms with Crippen LogP contribution < -0.4 is 10.2 Å². The molecule has 0 saturated carbocycles. The average Bonchev–Trinajstić information content (AvgIpc) is 3.10. The summed E-state index contributed by atoms with van der Waals surface area (Å²) >= 11 is 1.72. The van der Waals surface area contributed by atoms with E-state index in [1.165, 1.54) is 11.1 Å². The van der Waals surface area contributed by atoms with Crippen molar-refractivity contribution in [3.63, 3.8) is 0 Å². The third-order valence-corrected chi connectivity index (χ3v) is 5.72. The van der Waals surface area contributed by atoms with E-state index in [4.69, 9.17) is 0 Å². The zero-order valence-corrected chi connectivity index (χ0v) is 13.3. The number of fused-ring (bicyclic) bond motifs is 2. The molecule has 0 aliphatic carbocycles. The summed E-state index contributed by atoms with van der Waals surface area (Å²) in [5.74, 6) is 1.14. The van der Waals surface area contributed by atoms with Crippen LogP contribution in [0, 0.1) is 6.92 Å². The Balaban J connectivity index is 1.76. The molecule has 4 rings (SSSR count). The van der Waals surface area contributed by atoms with Gasteiger partial charge >= 0.3 is 0 Å². The number of amides is 1. The molecule has 1 atom stereocenters. The Kier molecular flexibility index (Phi) is 3.24. The molecule has 112 valence electrons. The van der Waals surface area contributed by atoms with Crippen molar-refractivity contribution in [3.8, 4) is 0 Å². The Morgan fingerprint density at radius 2 is 2.09 bits per heavy atom. The minimum Gasteiger partial charge on any atom is -0.305 e. The summed E-state index contributed by atoms with van der Waals surface area (Å²) in [5.41, 5.74) is 4.54. The van der Waals surface area contributed by atoms with Gasteiger partial charge < -0.3 is 4.90 Å². The zero-order valence-electron chi connectivity index (χ0n) is 12.5. The van der Waals surface area contributed by atoms with Gasteiger partial charge in [-0.15, -0.1) is 11.8 Å². The number of para-hydroxylation sites is 1. The highest BCUT2D eigenvalue weighted by Gasteiger charge is 2.53. The Bertz CT molecular complexity index is 737. The van der Waals surface area contributed by atoms with Gasteiger partial charge in [-0.05, 0) is 18.6 Å². The van der Waals surface area contributed by atoms with Crippen molar-refractivity contribution < 1.29 is 4.79 Å². The molecule has 0 bridgehead atoms. The topological polar surface area (TPSA) is 32.3 Å². The van der Waals surface area contributed by atoms with Crippen LogP contribution in [0.4, 0.5) is 5.69 Å². The van der Waals surface area contributed by atoms with Crippen LogP contribution >= 0.6 is 11.8 Å². The Morgan fingerprint density at radius 1 is 1.23 bits per heavy atom. The first kappa shape index (κ1) is 13.9. The van der Waals surface area contributed by atoms with Gasteiger partial charge in [0.05, 0.1) is 12.2 Å². The summed E-state index contributed by atoms with van der Waals surface area (Å²) in [5, 5.41) is 3.44. The highest BCUT2D eigenvalue weighted by atomic mass is 32.2. The molecule has 22 heavy (non-hydrogen) atoms. The molecule has 1 amide bonds. The SMILES string of the molecule is Cc1cccc(CN2C(=O)C3(NCCS3)c3ccccc32)c1. The number of benzene rings is 2. The van der Waals surface area contributed by atoms with Crippen LogP contribution in [0.15, 0.2) is 48.5 Å². The third-order valence-electron chi connectivity index (χ3n) is 4.34. The van der Waals surface area contributed by atoms with Crippen LogP contribution in [-0.4, -0.2) is 18.2 Å². The molecule has 0 aromatic heterocycles. The van der Waals surface area contributed by atoms with E-state index >= 15 is 0 Å². The van der Waals surface area contributed by atoms with E-state index in [2.05, 4.69) is 48.6 Å². The lowest BCUT2D eigenvalue weighted by atomic mass is 10.1. The van der Waals surface area contributed by atoms with E-state index in [1.807, 2.05) is 17.0 Å². The number of carbonyl (C=O) groups is 1. The van der Waals surface area contributed by atoms with Gasteiger partial charge in [-0.2, -0.15) is 0 Å². The molecule has 1 unspecified atom stereocenters. The molecular weight excluding hydrogens is 292 g/mol. The van der Waals surface area contributed by atoms with E-state index in [-0.39, 0.29) is 5.91 Å². The summed E-state index contributed by atoms with van der Waals surface area (Å²) in [6.45, 7) is 3.59. The second-order valence-corrected chi connectivity index (χ2v) is 7.16. The largest absolute Gasteiger partial charge is 0.305 e. The first-order valence-corrected chi connectivity index (χ1v) is 8.55. The van der Waals surface area contributed by atoms with Crippen LogP contribution in [0.3, 0.4) is 0 Å². The number of nitrogens with one attached hydrogen (secondary N) is 1. The highest BCUT2D eigenvalue weighted by Crippen LogP contribution is 2.49. The van der Waals surface area contributed by atoms with Crippen LogP contribution in [-0.2, 0) is 16.2 Å². The first-order valence-electron chi connectivity index (χ1n) is 7.57. The molecule has 0 radical (unpaired) electrons. The van der Waals surface area contributed by atoms with Gasteiger partial charge in [0.25, 0.3) is 5.91 Å². The molecule has 2 heterocycles. The second kappa shape index (κ2) is 5.14. The maximum atomic E-state index is 13.1. The summed E-state index contributed by atoms with van der Waals surface area (Å²) in [6, 6.07) is 16.5. The number of hydrogen-bond acceptors (Lipinski definition) is 3. The molecule has 3 nitrogen and oxygen atoms in total. The number of aryl methyl sites for hydroxylation is 1. The van der Waals surface area contributed by atoms with Gasteiger partial charge in [0, 0.05) is 17.9 Å². The van der Waals surface area contributed by atoms with E-state index in [9.17, 15) is 4.79 Å². The fraction of sp³-hybridized carbons (Fsp3) is 0.278. The van der Waals surface area contributed by atoms with Crippen LogP contribution in [0.5, 0.6) is 0 Å². The van der Waals surface area contributed by atoms with Crippen LogP contribution in [0.1, 0.15) is 16.7 Å². The average molecular weight is 310 g/mol. The van der Waals surface area contributed by atoms with Crippen molar-refractivity contribution >= 4 is 23.4 Å². The van der Waals surface area contributed by atoms with Gasteiger partial charge in [-0.3, -0.25) is 10.1 Å². The fourth-order valence-electron chi connectivity index (χ4n) is 3.36. The highest BCUT2D eigenvalue weighted by molar-refractivity contribution is 8.01. The number of thioether (sulfide) groups is 1. The van der Waals surface area contributed by atoms with Crippen molar-refractivity contribution in [1.82, 2.24) is 5.32 Å². The van der Waals surface area contributed by atoms with Crippen molar-refractivity contribution in [2.24, 2.45) is 0 Å². The van der Waals surface area contributed by atoms with Gasteiger partial charge in [0.1, 0.15) is 0 Å². The summed E-state index contributed by atoms with van der Waals surface area (Å²) in [7, 11) is 0. The molecule has 1 saturated heterocycles. The number of carbonyl (C=O) groups excluding carboxylic acids is 1. The monoisotopic (exact) mass is 310 g/mol. The molecule has 2 aromatic carbocycles. The predicted molar refractivity (Wildman–Crippen MR) is 90.9 cm³/mol. The Hall–Kier alpha value is -1.78. The molecular formula is C18H18N2OS. The number of nitrogens with zero attached hydrogens (tertiary/aromatic N) is 1. The van der Waals surface area contributed by atoms with Crippen molar-refractivity contribution in [2.75, 3.05) is 17.2 Å². The van der Waals surface area contributed by atoms with E-state index in [0.29, 0.717) is 6.54 Å². The lowest BCUT2D eigenvalue weighted by Crippen LogP contribution is -2.44. The second-order valence-electron chi connectivity index (χ2n) is 5.85. The third kappa shape index (κ3) is 1.98. The summed E-state index contributed by atoms with van der Waals surface area (Å²) in [4.78, 5) is 14.5.